The molecule has 1 aromatic carbocycles. The van der Waals surface area contributed by atoms with Crippen LogP contribution in [0.25, 0.3) is 0 Å². The van der Waals surface area contributed by atoms with Crippen molar-refractivity contribution >= 4 is 38.3 Å². The lowest BCUT2D eigenvalue weighted by atomic mass is 10.3. The van der Waals surface area contributed by atoms with E-state index in [4.69, 9.17) is 11.5 Å². The molecule has 4 nitrogen and oxygen atoms in total. The Kier molecular flexibility index (Phi) is 4.49. The predicted octanol–water partition coefficient (Wildman–Crippen LogP) is 1.40. The van der Waals surface area contributed by atoms with Crippen LogP contribution in [0.5, 0.6) is 0 Å². The van der Waals surface area contributed by atoms with Crippen LogP contribution < -0.4 is 11.5 Å². The van der Waals surface area contributed by atoms with Crippen LogP contribution in [0.15, 0.2) is 27.6 Å². The molecule has 0 aliphatic heterocycles. The molecule has 0 spiro atoms. The van der Waals surface area contributed by atoms with Gasteiger partial charge < -0.3 is 11.5 Å². The maximum Gasteiger partial charge on any atom is 0.233 e. The van der Waals surface area contributed by atoms with Crippen LogP contribution >= 0.6 is 15.9 Å². The average Bonchev–Trinajstić information content (AvgIpc) is 2.17. The number of halogens is 1. The van der Waals surface area contributed by atoms with Gasteiger partial charge in [0, 0.05) is 10.2 Å². The van der Waals surface area contributed by atoms with Crippen molar-refractivity contribution in [2.24, 2.45) is 5.73 Å². The second-order valence-electron chi connectivity index (χ2n) is 3.28. The van der Waals surface area contributed by atoms with E-state index in [2.05, 4.69) is 15.9 Å². The molecular formula is C10H13BrN2O2S. The van der Waals surface area contributed by atoms with Crippen LogP contribution in [0.1, 0.15) is 13.3 Å². The van der Waals surface area contributed by atoms with Crippen LogP contribution in [0.2, 0.25) is 0 Å². The van der Waals surface area contributed by atoms with Crippen molar-refractivity contribution in [2.45, 2.75) is 23.5 Å². The van der Waals surface area contributed by atoms with Gasteiger partial charge in [0.25, 0.3) is 0 Å². The number of hydrogen-bond donors (Lipinski definition) is 2. The molecule has 1 amide bonds. The number of nitrogens with two attached hydrogens (primary N) is 2. The zero-order chi connectivity index (χ0) is 12.3. The van der Waals surface area contributed by atoms with Crippen LogP contribution in [-0.2, 0) is 15.6 Å². The summed E-state index contributed by atoms with van der Waals surface area (Å²) >= 11 is 3.26. The highest BCUT2D eigenvalue weighted by atomic mass is 79.9. The van der Waals surface area contributed by atoms with E-state index in [9.17, 15) is 9.00 Å². The number of rotatable bonds is 4. The van der Waals surface area contributed by atoms with Gasteiger partial charge in [0.1, 0.15) is 5.25 Å². The van der Waals surface area contributed by atoms with Crippen molar-refractivity contribution < 1.29 is 9.00 Å². The molecule has 0 saturated heterocycles. The normalized spacial score (nSPS) is 14.4. The minimum Gasteiger partial charge on any atom is -0.398 e. The number of nitrogen functional groups attached to an aromatic ring is 1. The summed E-state index contributed by atoms with van der Waals surface area (Å²) in [6.07, 6.45) is 0.428. The Morgan fingerprint density at radius 3 is 2.62 bits per heavy atom. The van der Waals surface area contributed by atoms with E-state index in [0.717, 1.165) is 4.47 Å². The summed E-state index contributed by atoms with van der Waals surface area (Å²) < 4.78 is 12.9. The van der Waals surface area contributed by atoms with Gasteiger partial charge in [-0.15, -0.1) is 0 Å². The number of amides is 1. The topological polar surface area (TPSA) is 86.2 Å². The van der Waals surface area contributed by atoms with Gasteiger partial charge >= 0.3 is 0 Å². The zero-order valence-corrected chi connectivity index (χ0v) is 11.2. The second-order valence-corrected chi connectivity index (χ2v) is 5.80. The van der Waals surface area contributed by atoms with Gasteiger partial charge in [-0.05, 0) is 24.6 Å². The standard InChI is InChI=1S/C10H13BrN2O2S/c1-2-8(10(13)14)16(15)9-4-3-6(11)5-7(9)12/h3-5,8H,2,12H2,1H3,(H2,13,14). The van der Waals surface area contributed by atoms with E-state index < -0.39 is 22.0 Å². The zero-order valence-electron chi connectivity index (χ0n) is 8.77. The highest BCUT2D eigenvalue weighted by molar-refractivity contribution is 9.10. The van der Waals surface area contributed by atoms with Gasteiger partial charge in [0.15, 0.2) is 0 Å². The predicted molar refractivity (Wildman–Crippen MR) is 68.2 cm³/mol. The monoisotopic (exact) mass is 304 g/mol. The first-order valence-electron chi connectivity index (χ1n) is 4.72. The Balaban J connectivity index is 3.09. The van der Waals surface area contributed by atoms with Gasteiger partial charge in [0.2, 0.25) is 5.91 Å². The smallest absolute Gasteiger partial charge is 0.233 e. The average molecular weight is 305 g/mol. The number of carbonyl (C=O) groups excluding carboxylic acids is 1. The summed E-state index contributed by atoms with van der Waals surface area (Å²) in [5.74, 6) is -0.567. The number of primary amides is 1. The molecule has 0 aliphatic rings. The number of hydrogen-bond acceptors (Lipinski definition) is 3. The third-order valence-electron chi connectivity index (χ3n) is 2.14. The first-order chi connectivity index (χ1) is 7.47. The maximum absolute atomic E-state index is 12.1. The van der Waals surface area contributed by atoms with Gasteiger partial charge in [0.05, 0.1) is 15.7 Å². The van der Waals surface area contributed by atoms with Crippen molar-refractivity contribution in [3.8, 4) is 0 Å². The van der Waals surface area contributed by atoms with Crippen molar-refractivity contribution in [1.82, 2.24) is 0 Å². The van der Waals surface area contributed by atoms with Crippen LogP contribution in [0.4, 0.5) is 5.69 Å². The summed E-state index contributed by atoms with van der Waals surface area (Å²) in [6, 6.07) is 5.03. The molecule has 0 fully saturated rings. The molecule has 0 bridgehead atoms. The summed E-state index contributed by atoms with van der Waals surface area (Å²) in [5.41, 5.74) is 11.3. The fourth-order valence-electron chi connectivity index (χ4n) is 1.31. The molecule has 0 radical (unpaired) electrons. The summed E-state index contributed by atoms with van der Waals surface area (Å²) in [7, 11) is -1.49. The van der Waals surface area contributed by atoms with Gasteiger partial charge in [-0.25, -0.2) is 0 Å². The molecule has 0 saturated carbocycles. The van der Waals surface area contributed by atoms with Gasteiger partial charge in [-0.2, -0.15) is 0 Å². The molecule has 2 unspecified atom stereocenters. The van der Waals surface area contributed by atoms with Crippen LogP contribution in [0.3, 0.4) is 0 Å². The van der Waals surface area contributed by atoms with Crippen molar-refractivity contribution in [3.63, 3.8) is 0 Å². The van der Waals surface area contributed by atoms with Crippen molar-refractivity contribution in [3.05, 3.63) is 22.7 Å². The summed E-state index contributed by atoms with van der Waals surface area (Å²) in [6.45, 7) is 1.77. The van der Waals surface area contributed by atoms with E-state index in [1.165, 1.54) is 0 Å². The Morgan fingerprint density at radius 1 is 1.56 bits per heavy atom. The molecule has 16 heavy (non-hydrogen) atoms. The Bertz CT molecular complexity index is 437. The van der Waals surface area contributed by atoms with Gasteiger partial charge in [-0.1, -0.05) is 22.9 Å². The first kappa shape index (κ1) is 13.2. The quantitative estimate of drug-likeness (QED) is 0.824. The number of anilines is 1. The second kappa shape index (κ2) is 5.45. The van der Waals surface area contributed by atoms with E-state index in [1.54, 1.807) is 25.1 Å². The van der Waals surface area contributed by atoms with Crippen molar-refractivity contribution in [2.75, 3.05) is 5.73 Å². The lowest BCUT2D eigenvalue weighted by Gasteiger charge is -2.12. The molecule has 2 atom stereocenters. The SMILES string of the molecule is CCC(C(N)=O)S(=O)c1ccc(Br)cc1N. The van der Waals surface area contributed by atoms with Crippen LogP contribution in [-0.4, -0.2) is 15.4 Å². The first-order valence-corrected chi connectivity index (χ1v) is 6.72. The minimum atomic E-state index is -1.49. The molecule has 1 aromatic rings. The minimum absolute atomic E-state index is 0.396. The molecule has 88 valence electrons. The third kappa shape index (κ3) is 2.82. The Labute approximate surface area is 105 Å². The van der Waals surface area contributed by atoms with Gasteiger partial charge in [-0.3, -0.25) is 9.00 Å². The molecule has 0 aliphatic carbocycles. The fourth-order valence-corrected chi connectivity index (χ4v) is 3.01. The molecule has 0 heterocycles. The molecular weight excluding hydrogens is 292 g/mol. The number of carbonyl (C=O) groups is 1. The van der Waals surface area contributed by atoms with E-state index in [-0.39, 0.29) is 0 Å². The number of benzene rings is 1. The van der Waals surface area contributed by atoms with E-state index in [0.29, 0.717) is 17.0 Å². The highest BCUT2D eigenvalue weighted by Gasteiger charge is 2.23. The lowest BCUT2D eigenvalue weighted by Crippen LogP contribution is -2.32. The van der Waals surface area contributed by atoms with E-state index >= 15 is 0 Å². The van der Waals surface area contributed by atoms with Crippen molar-refractivity contribution in [1.29, 1.82) is 0 Å². The lowest BCUT2D eigenvalue weighted by molar-refractivity contribution is -0.117. The Hall–Kier alpha value is -0.880. The Morgan fingerprint density at radius 2 is 2.19 bits per heavy atom. The third-order valence-corrected chi connectivity index (χ3v) is 4.52. The fraction of sp³-hybridized carbons (Fsp3) is 0.300. The molecule has 6 heteroatoms. The maximum atomic E-state index is 12.1. The highest BCUT2D eigenvalue weighted by Crippen LogP contribution is 2.24. The molecule has 4 N–H and O–H groups in total. The largest absolute Gasteiger partial charge is 0.398 e. The van der Waals surface area contributed by atoms with E-state index in [1.807, 2.05) is 0 Å². The molecule has 0 aromatic heterocycles. The summed E-state index contributed by atoms with van der Waals surface area (Å²) in [4.78, 5) is 11.6. The summed E-state index contributed by atoms with van der Waals surface area (Å²) in [5, 5.41) is -0.691. The molecule has 1 rings (SSSR count). The van der Waals surface area contributed by atoms with Crippen LogP contribution in [0, 0.1) is 0 Å².